The lowest BCUT2D eigenvalue weighted by atomic mass is 10.3. The summed E-state index contributed by atoms with van der Waals surface area (Å²) in [5.41, 5.74) is 9.67. The fraction of sp³-hybridized carbons (Fsp3) is 0.400. The SMILES string of the molecule is CC(N)CN(C)Nc1cc(Cl)cc(Cl)c1. The van der Waals surface area contributed by atoms with Gasteiger partial charge in [0, 0.05) is 29.7 Å². The average Bonchev–Trinajstić information content (AvgIpc) is 1.98. The average molecular weight is 248 g/mol. The van der Waals surface area contributed by atoms with E-state index >= 15 is 0 Å². The Morgan fingerprint density at radius 2 is 1.87 bits per heavy atom. The van der Waals surface area contributed by atoms with Crippen molar-refractivity contribution in [2.24, 2.45) is 5.73 Å². The molecule has 1 aromatic rings. The maximum absolute atomic E-state index is 5.87. The fourth-order valence-corrected chi connectivity index (χ4v) is 1.84. The van der Waals surface area contributed by atoms with E-state index in [1.54, 1.807) is 6.07 Å². The summed E-state index contributed by atoms with van der Waals surface area (Å²) in [5.74, 6) is 0. The topological polar surface area (TPSA) is 41.3 Å². The molecular formula is C10H15Cl2N3. The standard InChI is InChI=1S/C10H15Cl2N3/c1-7(13)6-15(2)14-10-4-8(11)3-9(12)5-10/h3-5,7,14H,6,13H2,1-2H3. The smallest absolute Gasteiger partial charge is 0.0519 e. The van der Waals surface area contributed by atoms with Crippen LogP contribution in [0.5, 0.6) is 0 Å². The van der Waals surface area contributed by atoms with Crippen molar-refractivity contribution in [3.05, 3.63) is 28.2 Å². The first-order valence-corrected chi connectivity index (χ1v) is 5.42. The molecule has 5 heteroatoms. The molecule has 1 aromatic carbocycles. The predicted octanol–water partition coefficient (Wildman–Crippen LogP) is 2.60. The predicted molar refractivity (Wildman–Crippen MR) is 66.4 cm³/mol. The second-order valence-electron chi connectivity index (χ2n) is 3.63. The van der Waals surface area contributed by atoms with Gasteiger partial charge in [0.05, 0.1) is 5.69 Å². The Morgan fingerprint density at radius 3 is 2.33 bits per heavy atom. The number of rotatable bonds is 4. The maximum atomic E-state index is 5.87. The van der Waals surface area contributed by atoms with Crippen molar-refractivity contribution in [2.75, 3.05) is 19.0 Å². The number of hydrogen-bond acceptors (Lipinski definition) is 3. The molecule has 84 valence electrons. The molecule has 0 aliphatic carbocycles. The van der Waals surface area contributed by atoms with Gasteiger partial charge in [-0.1, -0.05) is 23.2 Å². The van der Waals surface area contributed by atoms with Crippen LogP contribution in [0.15, 0.2) is 18.2 Å². The van der Waals surface area contributed by atoms with Gasteiger partial charge >= 0.3 is 0 Å². The quantitative estimate of drug-likeness (QED) is 0.805. The summed E-state index contributed by atoms with van der Waals surface area (Å²) in [6.45, 7) is 2.69. The van der Waals surface area contributed by atoms with Crippen LogP contribution in [-0.4, -0.2) is 24.6 Å². The minimum absolute atomic E-state index is 0.108. The third kappa shape index (κ3) is 4.71. The van der Waals surface area contributed by atoms with Crippen molar-refractivity contribution in [1.29, 1.82) is 0 Å². The third-order valence-corrected chi connectivity index (χ3v) is 2.18. The highest BCUT2D eigenvalue weighted by molar-refractivity contribution is 6.35. The minimum atomic E-state index is 0.108. The largest absolute Gasteiger partial charge is 0.327 e. The molecule has 0 bridgehead atoms. The van der Waals surface area contributed by atoms with Crippen LogP contribution >= 0.6 is 23.2 Å². The molecule has 0 saturated carbocycles. The van der Waals surface area contributed by atoms with E-state index in [0.29, 0.717) is 10.0 Å². The number of anilines is 1. The second-order valence-corrected chi connectivity index (χ2v) is 4.50. The molecule has 3 N–H and O–H groups in total. The maximum Gasteiger partial charge on any atom is 0.0519 e. The first-order valence-electron chi connectivity index (χ1n) is 4.67. The van der Waals surface area contributed by atoms with Crippen LogP contribution in [0, 0.1) is 0 Å². The number of hydrazine groups is 1. The molecule has 0 aliphatic rings. The normalized spacial score (nSPS) is 12.9. The summed E-state index contributed by atoms with van der Waals surface area (Å²) >= 11 is 11.7. The highest BCUT2D eigenvalue weighted by atomic mass is 35.5. The summed E-state index contributed by atoms with van der Waals surface area (Å²) in [5, 5.41) is 3.12. The number of halogens is 2. The summed E-state index contributed by atoms with van der Waals surface area (Å²) < 4.78 is 0. The van der Waals surface area contributed by atoms with Crippen LogP contribution in [0.3, 0.4) is 0 Å². The summed E-state index contributed by atoms with van der Waals surface area (Å²) in [7, 11) is 1.91. The van der Waals surface area contributed by atoms with Crippen molar-refractivity contribution < 1.29 is 0 Å². The van der Waals surface area contributed by atoms with Crippen LogP contribution in [0.4, 0.5) is 5.69 Å². The Balaban J connectivity index is 2.63. The molecule has 0 spiro atoms. The van der Waals surface area contributed by atoms with Crippen molar-refractivity contribution in [3.63, 3.8) is 0 Å². The number of nitrogens with two attached hydrogens (primary N) is 1. The second kappa shape index (κ2) is 5.56. The van der Waals surface area contributed by atoms with E-state index in [1.165, 1.54) is 0 Å². The molecule has 0 heterocycles. The van der Waals surface area contributed by atoms with E-state index in [-0.39, 0.29) is 6.04 Å². The minimum Gasteiger partial charge on any atom is -0.327 e. The number of nitrogens with one attached hydrogen (secondary N) is 1. The van der Waals surface area contributed by atoms with E-state index < -0.39 is 0 Å². The molecule has 3 nitrogen and oxygen atoms in total. The van der Waals surface area contributed by atoms with Gasteiger partial charge in [-0.2, -0.15) is 0 Å². The highest BCUT2D eigenvalue weighted by Crippen LogP contribution is 2.22. The lowest BCUT2D eigenvalue weighted by molar-refractivity contribution is 0.377. The van der Waals surface area contributed by atoms with Crippen LogP contribution in [0.2, 0.25) is 10.0 Å². The molecule has 1 unspecified atom stereocenters. The molecule has 0 fully saturated rings. The number of hydrogen-bond donors (Lipinski definition) is 2. The fourth-order valence-electron chi connectivity index (χ4n) is 1.32. The van der Waals surface area contributed by atoms with Crippen LogP contribution < -0.4 is 11.2 Å². The first kappa shape index (κ1) is 12.6. The highest BCUT2D eigenvalue weighted by Gasteiger charge is 2.03. The molecular weight excluding hydrogens is 233 g/mol. The van der Waals surface area contributed by atoms with Gasteiger partial charge in [-0.15, -0.1) is 0 Å². The monoisotopic (exact) mass is 247 g/mol. The van der Waals surface area contributed by atoms with Crippen molar-refractivity contribution in [3.8, 4) is 0 Å². The van der Waals surface area contributed by atoms with Crippen LogP contribution in [0.1, 0.15) is 6.92 Å². The van der Waals surface area contributed by atoms with Gasteiger partial charge in [0.1, 0.15) is 0 Å². The molecule has 0 aromatic heterocycles. The van der Waals surface area contributed by atoms with Gasteiger partial charge in [-0.3, -0.25) is 0 Å². The van der Waals surface area contributed by atoms with Crippen LogP contribution in [-0.2, 0) is 0 Å². The lowest BCUT2D eigenvalue weighted by Crippen LogP contribution is -2.36. The van der Waals surface area contributed by atoms with Crippen molar-refractivity contribution in [1.82, 2.24) is 5.01 Å². The Bertz CT molecular complexity index is 308. The molecule has 0 radical (unpaired) electrons. The van der Waals surface area contributed by atoms with Gasteiger partial charge < -0.3 is 11.2 Å². The lowest BCUT2D eigenvalue weighted by Gasteiger charge is -2.21. The van der Waals surface area contributed by atoms with Gasteiger partial charge in [0.15, 0.2) is 0 Å². The van der Waals surface area contributed by atoms with Crippen molar-refractivity contribution in [2.45, 2.75) is 13.0 Å². The first-order chi connectivity index (χ1) is 6.97. The molecule has 15 heavy (non-hydrogen) atoms. The van der Waals surface area contributed by atoms with E-state index in [9.17, 15) is 0 Å². The van der Waals surface area contributed by atoms with E-state index in [2.05, 4.69) is 5.43 Å². The van der Waals surface area contributed by atoms with E-state index in [1.807, 2.05) is 31.1 Å². The zero-order valence-electron chi connectivity index (χ0n) is 8.80. The molecule has 0 aliphatic heterocycles. The van der Waals surface area contributed by atoms with Gasteiger partial charge in [0.25, 0.3) is 0 Å². The Hall–Kier alpha value is -0.480. The number of nitrogens with zero attached hydrogens (tertiary/aromatic N) is 1. The van der Waals surface area contributed by atoms with Gasteiger partial charge in [-0.05, 0) is 25.1 Å². The number of benzene rings is 1. The van der Waals surface area contributed by atoms with Gasteiger partial charge in [-0.25, -0.2) is 5.01 Å². The summed E-state index contributed by atoms with van der Waals surface area (Å²) in [6.07, 6.45) is 0. The van der Waals surface area contributed by atoms with E-state index in [4.69, 9.17) is 28.9 Å². The molecule has 0 amide bonds. The third-order valence-electron chi connectivity index (χ3n) is 1.74. The van der Waals surface area contributed by atoms with Crippen molar-refractivity contribution >= 4 is 28.9 Å². The molecule has 0 saturated heterocycles. The van der Waals surface area contributed by atoms with Crippen LogP contribution in [0.25, 0.3) is 0 Å². The Morgan fingerprint density at radius 1 is 1.33 bits per heavy atom. The Kier molecular flexibility index (Phi) is 4.67. The van der Waals surface area contributed by atoms with Gasteiger partial charge in [0.2, 0.25) is 0 Å². The van der Waals surface area contributed by atoms with E-state index in [0.717, 1.165) is 12.2 Å². The summed E-state index contributed by atoms with van der Waals surface area (Å²) in [4.78, 5) is 0. The summed E-state index contributed by atoms with van der Waals surface area (Å²) in [6, 6.07) is 5.42. The zero-order chi connectivity index (χ0) is 11.4. The number of likely N-dealkylation sites (N-methyl/N-ethyl adjacent to an activating group) is 1. The molecule has 1 atom stereocenters. The Labute approximate surface area is 100 Å². The molecule has 1 rings (SSSR count). The zero-order valence-corrected chi connectivity index (χ0v) is 10.3.